The van der Waals surface area contributed by atoms with Crippen molar-refractivity contribution in [3.8, 4) is 5.75 Å². The molecule has 1 aliphatic rings. The third kappa shape index (κ3) is 5.51. The topological polar surface area (TPSA) is 88.5 Å². The third-order valence-electron chi connectivity index (χ3n) is 5.42. The van der Waals surface area contributed by atoms with Crippen molar-refractivity contribution < 1.29 is 27.1 Å². The van der Waals surface area contributed by atoms with Gasteiger partial charge in [0.2, 0.25) is 11.8 Å². The van der Waals surface area contributed by atoms with Crippen molar-refractivity contribution in [3.63, 3.8) is 0 Å². The molecule has 11 heteroatoms. The Morgan fingerprint density at radius 3 is 2.67 bits per heavy atom. The van der Waals surface area contributed by atoms with E-state index in [1.165, 1.54) is 0 Å². The van der Waals surface area contributed by atoms with Gasteiger partial charge in [-0.25, -0.2) is 19.4 Å². The van der Waals surface area contributed by atoms with Gasteiger partial charge < -0.3 is 15.4 Å². The maximum atomic E-state index is 13.5. The molecule has 0 radical (unpaired) electrons. The first-order valence-corrected chi connectivity index (χ1v) is 10.9. The van der Waals surface area contributed by atoms with Crippen molar-refractivity contribution >= 4 is 23.4 Å². The zero-order valence-electron chi connectivity index (χ0n) is 19.2. The standard InChI is InChI=1S/C25H21F4N5O2/c1-14-12-16(33-22(35)15-5-7-19(26)18(13-15)25(27,28)29)6-8-21(14)36-23-17(4-3-10-31-23)20-9-11-32-24(30-2)34-20/h3,5-13,17H,4H2,1-2H3,(H,33,35)(H,30,32,34). The second-order valence-electron chi connectivity index (χ2n) is 7.92. The van der Waals surface area contributed by atoms with Crippen molar-refractivity contribution in [3.05, 3.63) is 89.1 Å². The molecule has 2 aromatic carbocycles. The Kier molecular flexibility index (Phi) is 7.00. The number of aromatic nitrogens is 2. The van der Waals surface area contributed by atoms with Crippen LogP contribution in [-0.4, -0.2) is 28.8 Å². The van der Waals surface area contributed by atoms with E-state index in [1.54, 1.807) is 50.6 Å². The zero-order chi connectivity index (χ0) is 25.9. The summed E-state index contributed by atoms with van der Waals surface area (Å²) >= 11 is 0. The quantitative estimate of drug-likeness (QED) is 0.439. The number of carbonyl (C=O) groups excluding carboxylic acids is 1. The molecule has 0 aliphatic carbocycles. The number of halogens is 4. The number of anilines is 2. The highest BCUT2D eigenvalue weighted by Crippen LogP contribution is 2.32. The highest BCUT2D eigenvalue weighted by Gasteiger charge is 2.34. The molecule has 1 unspecified atom stereocenters. The Morgan fingerprint density at radius 1 is 1.14 bits per heavy atom. The Balaban J connectivity index is 1.50. The third-order valence-corrected chi connectivity index (χ3v) is 5.42. The lowest BCUT2D eigenvalue weighted by molar-refractivity contribution is -0.140. The molecule has 0 fully saturated rings. The molecule has 0 saturated heterocycles. The van der Waals surface area contributed by atoms with Gasteiger partial charge >= 0.3 is 6.18 Å². The summed E-state index contributed by atoms with van der Waals surface area (Å²) in [5.74, 6) is -1.09. The van der Waals surface area contributed by atoms with E-state index in [2.05, 4.69) is 25.6 Å². The van der Waals surface area contributed by atoms with E-state index in [0.717, 1.165) is 11.8 Å². The Morgan fingerprint density at radius 2 is 1.94 bits per heavy atom. The van der Waals surface area contributed by atoms with Crippen molar-refractivity contribution in [1.29, 1.82) is 0 Å². The Bertz CT molecular complexity index is 1350. The fourth-order valence-corrected chi connectivity index (χ4v) is 3.59. The molecule has 0 bridgehead atoms. The number of ether oxygens (including phenoxy) is 1. The van der Waals surface area contributed by atoms with E-state index >= 15 is 0 Å². The van der Waals surface area contributed by atoms with Gasteiger partial charge in [-0.1, -0.05) is 6.08 Å². The number of rotatable bonds is 5. The molecule has 7 nitrogen and oxygen atoms in total. The molecule has 1 aliphatic heterocycles. The van der Waals surface area contributed by atoms with Crippen LogP contribution in [0.15, 0.2) is 65.9 Å². The van der Waals surface area contributed by atoms with E-state index in [-0.39, 0.29) is 11.5 Å². The van der Waals surface area contributed by atoms with E-state index in [1.807, 2.05) is 6.08 Å². The van der Waals surface area contributed by atoms with Gasteiger partial charge in [-0.3, -0.25) is 4.79 Å². The van der Waals surface area contributed by atoms with E-state index < -0.39 is 23.5 Å². The van der Waals surface area contributed by atoms with Crippen LogP contribution in [0.4, 0.5) is 29.2 Å². The molecule has 1 aromatic heterocycles. The largest absolute Gasteiger partial charge is 0.442 e. The highest BCUT2D eigenvalue weighted by molar-refractivity contribution is 6.04. The van der Waals surface area contributed by atoms with Crippen molar-refractivity contribution in [2.24, 2.45) is 4.99 Å². The average Bonchev–Trinajstić information content (AvgIpc) is 2.85. The lowest BCUT2D eigenvalue weighted by atomic mass is 9.99. The van der Waals surface area contributed by atoms with Crippen LogP contribution in [0, 0.1) is 12.7 Å². The van der Waals surface area contributed by atoms with Gasteiger partial charge in [-0.2, -0.15) is 13.2 Å². The van der Waals surface area contributed by atoms with Crippen molar-refractivity contribution in [2.75, 3.05) is 17.7 Å². The number of benzene rings is 2. The van der Waals surface area contributed by atoms with Crippen LogP contribution < -0.4 is 15.4 Å². The molecule has 36 heavy (non-hydrogen) atoms. The van der Waals surface area contributed by atoms with Crippen LogP contribution in [0.25, 0.3) is 0 Å². The molecule has 1 amide bonds. The minimum absolute atomic E-state index is 0.231. The molecule has 2 N–H and O–H groups in total. The molecular formula is C25H21F4N5O2. The van der Waals surface area contributed by atoms with E-state index in [0.29, 0.717) is 47.4 Å². The van der Waals surface area contributed by atoms with Gasteiger partial charge in [-0.15, -0.1) is 0 Å². The fraction of sp³-hybridized carbons (Fsp3) is 0.200. The number of amides is 1. The average molecular weight is 499 g/mol. The Labute approximate surface area is 204 Å². The normalized spacial score (nSPS) is 15.3. The zero-order valence-corrected chi connectivity index (χ0v) is 19.2. The van der Waals surface area contributed by atoms with Gasteiger partial charge in [0.15, 0.2) is 0 Å². The van der Waals surface area contributed by atoms with Crippen molar-refractivity contribution in [1.82, 2.24) is 9.97 Å². The summed E-state index contributed by atoms with van der Waals surface area (Å²) in [6.45, 7) is 1.75. The lowest BCUT2D eigenvalue weighted by Gasteiger charge is -2.21. The van der Waals surface area contributed by atoms with E-state index in [9.17, 15) is 22.4 Å². The summed E-state index contributed by atoms with van der Waals surface area (Å²) in [6, 6.07) is 8.66. The maximum absolute atomic E-state index is 13.5. The van der Waals surface area contributed by atoms with Crippen LogP contribution in [0.3, 0.4) is 0 Å². The molecule has 3 aromatic rings. The maximum Gasteiger partial charge on any atom is 0.419 e. The number of aryl methyl sites for hydroxylation is 1. The predicted molar refractivity (Wildman–Crippen MR) is 127 cm³/mol. The summed E-state index contributed by atoms with van der Waals surface area (Å²) in [5, 5.41) is 5.42. The monoisotopic (exact) mass is 499 g/mol. The first-order valence-electron chi connectivity index (χ1n) is 10.9. The molecule has 4 rings (SSSR count). The minimum Gasteiger partial charge on any atom is -0.442 e. The first kappa shape index (κ1) is 24.8. The number of nitrogens with zero attached hydrogens (tertiary/aromatic N) is 3. The number of hydrogen-bond acceptors (Lipinski definition) is 6. The Hall–Kier alpha value is -4.28. The molecule has 2 heterocycles. The second kappa shape index (κ2) is 10.1. The summed E-state index contributed by atoms with van der Waals surface area (Å²) < 4.78 is 58.5. The minimum atomic E-state index is -4.91. The van der Waals surface area contributed by atoms with Crippen molar-refractivity contribution in [2.45, 2.75) is 25.4 Å². The SMILES string of the molecule is CNc1nccc(C2CC=CN=C2Oc2ccc(NC(=O)c3ccc(F)c(C(F)(F)F)c3)cc2C)n1. The first-order chi connectivity index (χ1) is 17.2. The van der Waals surface area contributed by atoms with Crippen LogP contribution in [0.5, 0.6) is 5.75 Å². The molecular weight excluding hydrogens is 478 g/mol. The van der Waals surface area contributed by atoms with Crippen LogP contribution in [0.1, 0.15) is 39.5 Å². The highest BCUT2D eigenvalue weighted by atomic mass is 19.4. The number of aliphatic imine (C=N–C) groups is 1. The van der Waals surface area contributed by atoms with E-state index in [4.69, 9.17) is 4.74 Å². The van der Waals surface area contributed by atoms with Crippen LogP contribution >= 0.6 is 0 Å². The fourth-order valence-electron chi connectivity index (χ4n) is 3.59. The molecule has 0 saturated carbocycles. The van der Waals surface area contributed by atoms with Gasteiger partial charge in [-0.05, 0) is 61.4 Å². The van der Waals surface area contributed by atoms with Gasteiger partial charge in [0.25, 0.3) is 5.91 Å². The summed E-state index contributed by atoms with van der Waals surface area (Å²) in [6.07, 6.45) is 0.915. The molecule has 186 valence electrons. The number of hydrogen-bond donors (Lipinski definition) is 2. The summed E-state index contributed by atoms with van der Waals surface area (Å²) in [5.41, 5.74) is -0.107. The predicted octanol–water partition coefficient (Wildman–Crippen LogP) is 5.72. The van der Waals surface area contributed by atoms with Crippen LogP contribution in [-0.2, 0) is 6.18 Å². The van der Waals surface area contributed by atoms with Gasteiger partial charge in [0.05, 0.1) is 17.2 Å². The number of allylic oxidation sites excluding steroid dienone is 1. The summed E-state index contributed by atoms with van der Waals surface area (Å²) in [7, 11) is 1.72. The second-order valence-corrected chi connectivity index (χ2v) is 7.92. The van der Waals surface area contributed by atoms with Gasteiger partial charge in [0.1, 0.15) is 11.6 Å². The summed E-state index contributed by atoms with van der Waals surface area (Å²) in [4.78, 5) is 25.5. The lowest BCUT2D eigenvalue weighted by Crippen LogP contribution is -2.22. The number of carbonyl (C=O) groups is 1. The molecule has 0 spiro atoms. The van der Waals surface area contributed by atoms with Crippen LogP contribution in [0.2, 0.25) is 0 Å². The van der Waals surface area contributed by atoms with Gasteiger partial charge in [0, 0.05) is 30.7 Å². The number of nitrogens with one attached hydrogen (secondary N) is 2. The molecule has 1 atom stereocenters. The smallest absolute Gasteiger partial charge is 0.419 e. The number of alkyl halides is 3.